The Morgan fingerprint density at radius 2 is 2.05 bits per heavy atom. The zero-order valence-corrected chi connectivity index (χ0v) is 12.5. The molecule has 1 N–H and O–H groups in total. The molecule has 0 saturated carbocycles. The van der Waals surface area contributed by atoms with Crippen molar-refractivity contribution in [3.05, 3.63) is 54.1 Å². The van der Waals surface area contributed by atoms with Crippen LogP contribution in [0.25, 0.3) is 0 Å². The van der Waals surface area contributed by atoms with E-state index in [1.807, 2.05) is 19.1 Å². The lowest BCUT2D eigenvalue weighted by molar-refractivity contribution is 0.340. The highest BCUT2D eigenvalue weighted by Gasteiger charge is 2.17. The number of para-hydroxylation sites is 1. The van der Waals surface area contributed by atoms with Gasteiger partial charge in [0.2, 0.25) is 0 Å². The average molecular weight is 282 g/mol. The van der Waals surface area contributed by atoms with Gasteiger partial charge in [-0.3, -0.25) is 0 Å². The molecule has 0 unspecified atom stereocenters. The van der Waals surface area contributed by atoms with Crippen LogP contribution in [0, 0.1) is 0 Å². The molecule has 3 nitrogen and oxygen atoms in total. The van der Waals surface area contributed by atoms with E-state index in [1.165, 1.54) is 11.3 Å². The van der Waals surface area contributed by atoms with E-state index in [9.17, 15) is 0 Å². The van der Waals surface area contributed by atoms with E-state index >= 15 is 0 Å². The first-order valence-electron chi connectivity index (χ1n) is 7.66. The number of hydrogen-bond acceptors (Lipinski definition) is 3. The maximum absolute atomic E-state index is 5.52. The Kier molecular flexibility index (Phi) is 4.29. The molecule has 0 fully saturated rings. The van der Waals surface area contributed by atoms with Gasteiger partial charge in [-0.2, -0.15) is 0 Å². The summed E-state index contributed by atoms with van der Waals surface area (Å²) in [6.45, 7) is 5.79. The maximum Gasteiger partial charge on any atom is 0.121 e. The number of nitrogens with one attached hydrogen (secondary N) is 1. The highest BCUT2D eigenvalue weighted by atomic mass is 16.5. The van der Waals surface area contributed by atoms with E-state index < -0.39 is 0 Å². The summed E-state index contributed by atoms with van der Waals surface area (Å²) in [5, 5.41) is 3.48. The molecule has 0 spiro atoms. The number of nitrogens with zero attached hydrogens (tertiary/aromatic N) is 1. The van der Waals surface area contributed by atoms with Crippen molar-refractivity contribution < 1.29 is 4.74 Å². The lowest BCUT2D eigenvalue weighted by atomic mass is 10.2. The third kappa shape index (κ3) is 3.30. The van der Waals surface area contributed by atoms with Gasteiger partial charge in [0.1, 0.15) is 5.75 Å². The van der Waals surface area contributed by atoms with E-state index in [0.29, 0.717) is 6.61 Å². The SMILES string of the molecule is CCOc1cccc(NCCN2CCc3ccccc32)c1. The number of rotatable bonds is 6. The van der Waals surface area contributed by atoms with Gasteiger partial charge in [-0.15, -0.1) is 0 Å². The van der Waals surface area contributed by atoms with Crippen LogP contribution in [0.5, 0.6) is 5.75 Å². The topological polar surface area (TPSA) is 24.5 Å². The molecule has 2 aromatic rings. The first-order valence-corrected chi connectivity index (χ1v) is 7.66. The van der Waals surface area contributed by atoms with Crippen LogP contribution in [0.15, 0.2) is 48.5 Å². The van der Waals surface area contributed by atoms with E-state index in [-0.39, 0.29) is 0 Å². The lowest BCUT2D eigenvalue weighted by Crippen LogP contribution is -2.27. The molecule has 0 radical (unpaired) electrons. The fourth-order valence-electron chi connectivity index (χ4n) is 2.84. The summed E-state index contributed by atoms with van der Waals surface area (Å²) in [6, 6.07) is 16.9. The minimum atomic E-state index is 0.702. The Bertz CT molecular complexity index is 597. The summed E-state index contributed by atoms with van der Waals surface area (Å²) in [6.07, 6.45) is 1.16. The number of benzene rings is 2. The van der Waals surface area contributed by atoms with Crippen molar-refractivity contribution in [2.24, 2.45) is 0 Å². The van der Waals surface area contributed by atoms with Crippen LogP contribution in [0.3, 0.4) is 0 Å². The van der Waals surface area contributed by atoms with Gasteiger partial charge in [-0.25, -0.2) is 0 Å². The van der Waals surface area contributed by atoms with Crippen LogP contribution in [-0.4, -0.2) is 26.2 Å². The van der Waals surface area contributed by atoms with Gasteiger partial charge in [0.15, 0.2) is 0 Å². The van der Waals surface area contributed by atoms with Crippen LogP contribution in [0.4, 0.5) is 11.4 Å². The van der Waals surface area contributed by atoms with Crippen molar-refractivity contribution in [1.82, 2.24) is 0 Å². The number of hydrogen-bond donors (Lipinski definition) is 1. The summed E-state index contributed by atoms with van der Waals surface area (Å²) in [5.74, 6) is 0.925. The Morgan fingerprint density at radius 3 is 2.95 bits per heavy atom. The van der Waals surface area contributed by atoms with Crippen molar-refractivity contribution in [2.75, 3.05) is 36.5 Å². The van der Waals surface area contributed by atoms with Crippen LogP contribution < -0.4 is 15.0 Å². The van der Waals surface area contributed by atoms with Crippen molar-refractivity contribution in [3.8, 4) is 5.75 Å². The minimum Gasteiger partial charge on any atom is -0.494 e. The molecule has 1 aliphatic heterocycles. The fraction of sp³-hybridized carbons (Fsp3) is 0.333. The van der Waals surface area contributed by atoms with Crippen LogP contribution in [-0.2, 0) is 6.42 Å². The second kappa shape index (κ2) is 6.53. The molecule has 0 aromatic heterocycles. The van der Waals surface area contributed by atoms with Gasteiger partial charge in [0, 0.05) is 37.1 Å². The molecule has 1 aliphatic rings. The number of ether oxygens (including phenoxy) is 1. The standard InChI is InChI=1S/C18H22N2O/c1-2-21-17-8-5-7-16(14-17)19-11-13-20-12-10-15-6-3-4-9-18(15)20/h3-9,14,19H,2,10-13H2,1H3. The van der Waals surface area contributed by atoms with Gasteiger partial charge < -0.3 is 15.0 Å². The zero-order chi connectivity index (χ0) is 14.5. The van der Waals surface area contributed by atoms with E-state index in [1.54, 1.807) is 0 Å². The third-order valence-corrected chi connectivity index (χ3v) is 3.84. The summed E-state index contributed by atoms with van der Waals surface area (Å²) in [4.78, 5) is 2.45. The molecule has 0 atom stereocenters. The number of fused-ring (bicyclic) bond motifs is 1. The molecule has 0 aliphatic carbocycles. The molecular weight excluding hydrogens is 260 g/mol. The third-order valence-electron chi connectivity index (χ3n) is 3.84. The fourth-order valence-corrected chi connectivity index (χ4v) is 2.84. The average Bonchev–Trinajstić information content (AvgIpc) is 2.92. The van der Waals surface area contributed by atoms with Crippen molar-refractivity contribution in [1.29, 1.82) is 0 Å². The predicted octanol–water partition coefficient (Wildman–Crippen LogP) is 3.56. The summed E-state index contributed by atoms with van der Waals surface area (Å²) < 4.78 is 5.52. The molecule has 21 heavy (non-hydrogen) atoms. The predicted molar refractivity (Wildman–Crippen MR) is 88.5 cm³/mol. The van der Waals surface area contributed by atoms with Crippen molar-refractivity contribution in [2.45, 2.75) is 13.3 Å². The van der Waals surface area contributed by atoms with Crippen LogP contribution in [0.1, 0.15) is 12.5 Å². The Labute approximate surface area is 126 Å². The van der Waals surface area contributed by atoms with E-state index in [2.05, 4.69) is 46.6 Å². The smallest absolute Gasteiger partial charge is 0.121 e. The Hall–Kier alpha value is -2.16. The molecule has 1 heterocycles. The molecule has 2 aromatic carbocycles. The monoisotopic (exact) mass is 282 g/mol. The molecule has 110 valence electrons. The van der Waals surface area contributed by atoms with Crippen molar-refractivity contribution in [3.63, 3.8) is 0 Å². The van der Waals surface area contributed by atoms with Crippen LogP contribution in [0.2, 0.25) is 0 Å². The lowest BCUT2D eigenvalue weighted by Gasteiger charge is -2.20. The van der Waals surface area contributed by atoms with Gasteiger partial charge in [0.05, 0.1) is 6.61 Å². The second-order valence-corrected chi connectivity index (χ2v) is 5.25. The van der Waals surface area contributed by atoms with E-state index in [0.717, 1.165) is 37.5 Å². The largest absolute Gasteiger partial charge is 0.494 e. The molecule has 0 saturated heterocycles. The van der Waals surface area contributed by atoms with Crippen LogP contribution >= 0.6 is 0 Å². The molecular formula is C18H22N2O. The summed E-state index contributed by atoms with van der Waals surface area (Å²) in [7, 11) is 0. The van der Waals surface area contributed by atoms with Gasteiger partial charge in [-0.05, 0) is 37.1 Å². The summed E-state index contributed by atoms with van der Waals surface area (Å²) >= 11 is 0. The number of anilines is 2. The van der Waals surface area contributed by atoms with Crippen molar-refractivity contribution >= 4 is 11.4 Å². The molecule has 3 heteroatoms. The molecule has 3 rings (SSSR count). The quantitative estimate of drug-likeness (QED) is 0.876. The van der Waals surface area contributed by atoms with Gasteiger partial charge in [-0.1, -0.05) is 24.3 Å². The zero-order valence-electron chi connectivity index (χ0n) is 12.5. The first kappa shape index (κ1) is 13.8. The van der Waals surface area contributed by atoms with E-state index in [4.69, 9.17) is 4.74 Å². The highest BCUT2D eigenvalue weighted by molar-refractivity contribution is 5.58. The second-order valence-electron chi connectivity index (χ2n) is 5.25. The first-order chi connectivity index (χ1) is 10.4. The van der Waals surface area contributed by atoms with Gasteiger partial charge in [0.25, 0.3) is 0 Å². The normalized spacial score (nSPS) is 13.1. The Balaban J connectivity index is 1.54. The minimum absolute atomic E-state index is 0.702. The molecule has 0 bridgehead atoms. The van der Waals surface area contributed by atoms with Gasteiger partial charge >= 0.3 is 0 Å². The Morgan fingerprint density at radius 1 is 1.14 bits per heavy atom. The summed E-state index contributed by atoms with van der Waals surface area (Å²) in [5.41, 5.74) is 3.98. The maximum atomic E-state index is 5.52. The highest BCUT2D eigenvalue weighted by Crippen LogP contribution is 2.26. The molecule has 0 amide bonds.